The molecule has 2 aromatic rings. The highest BCUT2D eigenvalue weighted by Crippen LogP contribution is 2.28. The van der Waals surface area contributed by atoms with Gasteiger partial charge in [0.1, 0.15) is 11.9 Å². The molecule has 0 unspecified atom stereocenters. The lowest BCUT2D eigenvalue weighted by Gasteiger charge is -2.34. The zero-order valence-corrected chi connectivity index (χ0v) is 19.2. The molecule has 2 saturated heterocycles. The second-order valence-corrected chi connectivity index (χ2v) is 9.30. The summed E-state index contributed by atoms with van der Waals surface area (Å²) in [7, 11) is 0. The van der Waals surface area contributed by atoms with E-state index in [1.807, 2.05) is 13.8 Å². The Hall–Kier alpha value is -2.18. The van der Waals surface area contributed by atoms with Gasteiger partial charge in [-0.15, -0.1) is 0 Å². The summed E-state index contributed by atoms with van der Waals surface area (Å²) in [5.74, 6) is 0.558. The lowest BCUT2D eigenvalue weighted by atomic mass is 10.2. The lowest BCUT2D eigenvalue weighted by Crippen LogP contribution is -2.48. The highest BCUT2D eigenvalue weighted by Gasteiger charge is 2.25. The number of piperazine rings is 1. The predicted molar refractivity (Wildman–Crippen MR) is 122 cm³/mol. The van der Waals surface area contributed by atoms with Crippen molar-refractivity contribution < 1.29 is 9.53 Å². The third kappa shape index (κ3) is 5.18. The van der Waals surface area contributed by atoms with E-state index in [2.05, 4.69) is 42.6 Å². The first kappa shape index (κ1) is 22.0. The second-order valence-electron chi connectivity index (χ2n) is 8.52. The number of nitrogens with one attached hydrogen (secondary N) is 1. The first-order valence-corrected chi connectivity index (χ1v) is 12.0. The van der Waals surface area contributed by atoms with Crippen molar-refractivity contribution in [3.63, 3.8) is 0 Å². The largest absolute Gasteiger partial charge is 0.376 e. The number of rotatable bonds is 7. The number of amides is 1. The average Bonchev–Trinajstić information content (AvgIpc) is 3.50. The number of ether oxygens (including phenoxy) is 1. The van der Waals surface area contributed by atoms with Crippen LogP contribution in [0.25, 0.3) is 0 Å². The molecule has 31 heavy (non-hydrogen) atoms. The topological polar surface area (TPSA) is 73.5 Å². The first-order chi connectivity index (χ1) is 15.0. The third-order valence-corrected chi connectivity index (χ3v) is 7.16. The van der Waals surface area contributed by atoms with Crippen LogP contribution >= 0.6 is 11.3 Å². The molecule has 0 saturated carbocycles. The summed E-state index contributed by atoms with van der Waals surface area (Å²) in [5, 5.41) is 17.1. The van der Waals surface area contributed by atoms with Gasteiger partial charge in [0.15, 0.2) is 0 Å². The van der Waals surface area contributed by atoms with Gasteiger partial charge in [0.25, 0.3) is 0 Å². The van der Waals surface area contributed by atoms with Gasteiger partial charge in [-0.2, -0.15) is 16.6 Å². The molecule has 2 aromatic heterocycles. The van der Waals surface area contributed by atoms with Crippen molar-refractivity contribution in [2.75, 3.05) is 44.6 Å². The SMILES string of the molecule is Cc1c(C#N)c(NC(=O)CN2CCN(Cc3ccsc3)CC2)n(C[C@H]2CCCO2)c1C. The molecule has 1 amide bonds. The van der Waals surface area contributed by atoms with Crippen LogP contribution in [0.5, 0.6) is 0 Å². The normalized spacial score (nSPS) is 20.1. The van der Waals surface area contributed by atoms with Gasteiger partial charge in [-0.05, 0) is 54.6 Å². The van der Waals surface area contributed by atoms with Crippen molar-refractivity contribution in [1.82, 2.24) is 14.4 Å². The molecule has 2 aliphatic rings. The number of carbonyl (C=O) groups excluding carboxylic acids is 1. The molecule has 166 valence electrons. The van der Waals surface area contributed by atoms with Crippen molar-refractivity contribution >= 4 is 23.1 Å². The molecule has 0 radical (unpaired) electrons. The number of carbonyl (C=O) groups is 1. The number of thiophene rings is 1. The van der Waals surface area contributed by atoms with Crippen LogP contribution in [0, 0.1) is 25.2 Å². The minimum absolute atomic E-state index is 0.0612. The first-order valence-electron chi connectivity index (χ1n) is 11.0. The minimum atomic E-state index is -0.0612. The van der Waals surface area contributed by atoms with Crippen molar-refractivity contribution in [1.29, 1.82) is 5.26 Å². The van der Waals surface area contributed by atoms with E-state index < -0.39 is 0 Å². The highest BCUT2D eigenvalue weighted by atomic mass is 32.1. The Balaban J connectivity index is 1.36. The molecule has 8 heteroatoms. The maximum absolute atomic E-state index is 12.9. The maximum atomic E-state index is 12.9. The molecule has 1 N–H and O–H groups in total. The number of nitrogens with zero attached hydrogens (tertiary/aromatic N) is 4. The fraction of sp³-hybridized carbons (Fsp3) is 0.565. The molecule has 7 nitrogen and oxygen atoms in total. The summed E-state index contributed by atoms with van der Waals surface area (Å²) in [6.07, 6.45) is 2.22. The summed E-state index contributed by atoms with van der Waals surface area (Å²) in [6, 6.07) is 4.46. The Kier molecular flexibility index (Phi) is 7.08. The average molecular weight is 442 g/mol. The van der Waals surface area contributed by atoms with E-state index in [-0.39, 0.29) is 12.0 Å². The van der Waals surface area contributed by atoms with Crippen LogP contribution in [0.3, 0.4) is 0 Å². The van der Waals surface area contributed by atoms with E-state index in [1.54, 1.807) is 11.3 Å². The Bertz CT molecular complexity index is 932. The van der Waals surface area contributed by atoms with Gasteiger partial charge in [-0.1, -0.05) is 0 Å². The number of anilines is 1. The Labute approximate surface area is 188 Å². The van der Waals surface area contributed by atoms with Gasteiger partial charge in [0, 0.05) is 45.0 Å². The van der Waals surface area contributed by atoms with Crippen LogP contribution < -0.4 is 5.32 Å². The van der Waals surface area contributed by atoms with E-state index >= 15 is 0 Å². The summed E-state index contributed by atoms with van der Waals surface area (Å²) < 4.78 is 7.85. The molecule has 2 aliphatic heterocycles. The summed E-state index contributed by atoms with van der Waals surface area (Å²) in [5.41, 5.74) is 3.87. The number of aromatic nitrogens is 1. The van der Waals surface area contributed by atoms with Crippen molar-refractivity contribution in [2.45, 2.75) is 45.9 Å². The highest BCUT2D eigenvalue weighted by molar-refractivity contribution is 7.07. The number of hydrogen-bond acceptors (Lipinski definition) is 6. The van der Waals surface area contributed by atoms with Gasteiger partial charge in [-0.25, -0.2) is 0 Å². The van der Waals surface area contributed by atoms with Gasteiger partial charge in [0.2, 0.25) is 5.91 Å². The number of hydrogen-bond donors (Lipinski definition) is 1. The number of nitriles is 1. The quantitative estimate of drug-likeness (QED) is 0.715. The zero-order valence-electron chi connectivity index (χ0n) is 18.4. The molecular formula is C23H31N5O2S. The molecule has 4 heterocycles. The van der Waals surface area contributed by atoms with Gasteiger partial charge in [0.05, 0.1) is 24.8 Å². The Morgan fingerprint density at radius 1 is 1.29 bits per heavy atom. The summed E-state index contributed by atoms with van der Waals surface area (Å²) in [6.45, 7) is 10.4. The van der Waals surface area contributed by atoms with E-state index in [1.165, 1.54) is 5.56 Å². The third-order valence-electron chi connectivity index (χ3n) is 6.43. The Morgan fingerprint density at radius 2 is 2.06 bits per heavy atom. The fourth-order valence-electron chi connectivity index (χ4n) is 4.47. The van der Waals surface area contributed by atoms with Gasteiger partial charge in [-0.3, -0.25) is 14.6 Å². The molecule has 0 spiro atoms. The second kappa shape index (κ2) is 9.96. The van der Waals surface area contributed by atoms with E-state index in [0.29, 0.717) is 24.5 Å². The zero-order chi connectivity index (χ0) is 21.8. The van der Waals surface area contributed by atoms with E-state index in [9.17, 15) is 10.1 Å². The van der Waals surface area contributed by atoms with Crippen LogP contribution in [0.2, 0.25) is 0 Å². The van der Waals surface area contributed by atoms with Crippen molar-refractivity contribution in [3.8, 4) is 6.07 Å². The molecule has 4 rings (SSSR count). The molecule has 0 aliphatic carbocycles. The van der Waals surface area contributed by atoms with E-state index in [4.69, 9.17) is 4.74 Å². The predicted octanol–water partition coefficient (Wildman–Crippen LogP) is 2.97. The lowest BCUT2D eigenvalue weighted by molar-refractivity contribution is -0.117. The summed E-state index contributed by atoms with van der Waals surface area (Å²) >= 11 is 1.73. The van der Waals surface area contributed by atoms with Crippen molar-refractivity contribution in [2.24, 2.45) is 0 Å². The summed E-state index contributed by atoms with van der Waals surface area (Å²) in [4.78, 5) is 17.5. The minimum Gasteiger partial charge on any atom is -0.376 e. The smallest absolute Gasteiger partial charge is 0.239 e. The van der Waals surface area contributed by atoms with Crippen LogP contribution in [0.1, 0.15) is 35.2 Å². The van der Waals surface area contributed by atoms with Gasteiger partial charge < -0.3 is 14.6 Å². The molecule has 1 atom stereocenters. The maximum Gasteiger partial charge on any atom is 0.239 e. The van der Waals surface area contributed by atoms with Crippen LogP contribution in [0.15, 0.2) is 16.8 Å². The molecule has 2 fully saturated rings. The standard InChI is InChI=1S/C23H31N5O2S/c1-17-18(2)28(14-20-4-3-10-30-20)23(21(17)12-24)25-22(29)15-27-8-6-26(7-9-27)13-19-5-11-31-16-19/h5,11,16,20H,3-4,6-10,13-15H2,1-2H3,(H,25,29)/t20-/m1/s1. The van der Waals surface area contributed by atoms with E-state index in [0.717, 1.165) is 63.4 Å². The molecule has 0 bridgehead atoms. The van der Waals surface area contributed by atoms with Crippen LogP contribution in [-0.2, 0) is 22.6 Å². The monoisotopic (exact) mass is 441 g/mol. The fourth-order valence-corrected chi connectivity index (χ4v) is 5.13. The molecular weight excluding hydrogens is 410 g/mol. The molecule has 0 aromatic carbocycles. The van der Waals surface area contributed by atoms with Crippen LogP contribution in [-0.4, -0.2) is 65.7 Å². The van der Waals surface area contributed by atoms with Gasteiger partial charge >= 0.3 is 0 Å². The Morgan fingerprint density at radius 3 is 2.71 bits per heavy atom. The van der Waals surface area contributed by atoms with Crippen LogP contribution in [0.4, 0.5) is 5.82 Å². The van der Waals surface area contributed by atoms with Crippen molar-refractivity contribution in [3.05, 3.63) is 39.2 Å².